The van der Waals surface area contributed by atoms with Crippen LogP contribution in [0.15, 0.2) is 24.3 Å². The van der Waals surface area contributed by atoms with Gasteiger partial charge in [0.25, 0.3) is 0 Å². The lowest BCUT2D eigenvalue weighted by atomic mass is 10.1. The van der Waals surface area contributed by atoms with Gasteiger partial charge in [-0.1, -0.05) is 12.1 Å². The van der Waals surface area contributed by atoms with Crippen molar-refractivity contribution >= 4 is 9.84 Å². The lowest BCUT2D eigenvalue weighted by molar-refractivity contribution is 0.339. The van der Waals surface area contributed by atoms with E-state index in [0.717, 1.165) is 11.3 Å². The maximum absolute atomic E-state index is 11.3. The predicted molar refractivity (Wildman–Crippen MR) is 69.1 cm³/mol. The van der Waals surface area contributed by atoms with E-state index in [1.165, 1.54) is 6.26 Å². The van der Waals surface area contributed by atoms with Gasteiger partial charge in [-0.05, 0) is 31.7 Å². The largest absolute Gasteiger partial charge is 0.494 e. The zero-order valence-electron chi connectivity index (χ0n) is 10.4. The van der Waals surface area contributed by atoms with E-state index in [0.29, 0.717) is 6.61 Å². The summed E-state index contributed by atoms with van der Waals surface area (Å²) in [5, 5.41) is 3.01. The number of hydrogen-bond acceptors (Lipinski definition) is 4. The predicted octanol–water partition coefficient (Wildman–Crippen LogP) is 1.39. The highest BCUT2D eigenvalue weighted by atomic mass is 32.2. The molecule has 0 bridgehead atoms. The quantitative estimate of drug-likeness (QED) is 0.836. The molecule has 1 atom stereocenters. The molecule has 0 amide bonds. The van der Waals surface area contributed by atoms with Crippen LogP contribution in [0, 0.1) is 0 Å². The molecule has 1 rings (SSSR count). The number of sulfone groups is 1. The summed E-state index contributed by atoms with van der Waals surface area (Å²) in [5.41, 5.74) is 0.920. The Labute approximate surface area is 103 Å². The minimum Gasteiger partial charge on any atom is -0.494 e. The van der Waals surface area contributed by atoms with Crippen LogP contribution in [-0.4, -0.2) is 34.1 Å². The Kier molecular flexibility index (Phi) is 4.96. The van der Waals surface area contributed by atoms with Crippen LogP contribution in [0.3, 0.4) is 0 Å². The summed E-state index contributed by atoms with van der Waals surface area (Å²) in [7, 11) is -1.26. The Morgan fingerprint density at radius 2 is 2.12 bits per heavy atom. The first-order valence-electron chi connectivity index (χ1n) is 5.54. The highest BCUT2D eigenvalue weighted by molar-refractivity contribution is 7.90. The maximum atomic E-state index is 11.3. The van der Waals surface area contributed by atoms with Crippen molar-refractivity contribution in [3.8, 4) is 5.75 Å². The van der Waals surface area contributed by atoms with Crippen LogP contribution in [0.5, 0.6) is 5.75 Å². The molecule has 0 heterocycles. The number of benzene rings is 1. The van der Waals surface area contributed by atoms with Crippen LogP contribution >= 0.6 is 0 Å². The monoisotopic (exact) mass is 257 g/mol. The van der Waals surface area contributed by atoms with Crippen molar-refractivity contribution in [2.75, 3.05) is 25.7 Å². The van der Waals surface area contributed by atoms with Crippen molar-refractivity contribution in [3.05, 3.63) is 29.8 Å². The lowest BCUT2D eigenvalue weighted by Crippen LogP contribution is -2.24. The maximum Gasteiger partial charge on any atom is 0.149 e. The second-order valence-corrected chi connectivity index (χ2v) is 6.12. The molecule has 0 aliphatic rings. The third-order valence-corrected chi connectivity index (χ3v) is 3.33. The van der Waals surface area contributed by atoms with Crippen molar-refractivity contribution in [2.24, 2.45) is 0 Å². The smallest absolute Gasteiger partial charge is 0.149 e. The molecule has 1 unspecified atom stereocenters. The summed E-state index contributed by atoms with van der Waals surface area (Å²) in [6.07, 6.45) is 1.24. The molecule has 0 aromatic heterocycles. The molecule has 1 aromatic carbocycles. The molecule has 0 saturated heterocycles. The molecule has 4 nitrogen and oxygen atoms in total. The van der Waals surface area contributed by atoms with Gasteiger partial charge in [-0.15, -0.1) is 0 Å². The van der Waals surface area contributed by atoms with E-state index in [4.69, 9.17) is 4.74 Å². The second-order valence-electron chi connectivity index (χ2n) is 3.94. The van der Waals surface area contributed by atoms with Gasteiger partial charge < -0.3 is 10.1 Å². The molecule has 1 aromatic rings. The van der Waals surface area contributed by atoms with Gasteiger partial charge in [-0.3, -0.25) is 0 Å². The van der Waals surface area contributed by atoms with Crippen LogP contribution in [-0.2, 0) is 9.84 Å². The van der Waals surface area contributed by atoms with Crippen LogP contribution in [0.2, 0.25) is 0 Å². The van der Waals surface area contributed by atoms with E-state index in [2.05, 4.69) is 5.32 Å². The Bertz CT molecular complexity index is 457. The number of nitrogens with one attached hydrogen (secondary N) is 1. The molecule has 96 valence electrons. The van der Waals surface area contributed by atoms with E-state index < -0.39 is 9.84 Å². The third-order valence-electron chi connectivity index (χ3n) is 2.39. The topological polar surface area (TPSA) is 55.4 Å². The fourth-order valence-electron chi connectivity index (χ4n) is 1.64. The standard InChI is InChI=1S/C12H19NO3S/c1-4-16-11-7-5-6-10(8-11)12(13-2)9-17(3,14)15/h5-8,12-13H,4,9H2,1-3H3. The van der Waals surface area contributed by atoms with Gasteiger partial charge in [0.15, 0.2) is 0 Å². The van der Waals surface area contributed by atoms with Gasteiger partial charge in [-0.25, -0.2) is 8.42 Å². The van der Waals surface area contributed by atoms with E-state index in [-0.39, 0.29) is 11.8 Å². The fraction of sp³-hybridized carbons (Fsp3) is 0.500. The SMILES string of the molecule is CCOc1cccc(C(CS(C)(=O)=O)NC)c1. The molecule has 17 heavy (non-hydrogen) atoms. The number of rotatable bonds is 6. The first-order chi connectivity index (χ1) is 7.96. The highest BCUT2D eigenvalue weighted by Crippen LogP contribution is 2.20. The van der Waals surface area contributed by atoms with Gasteiger partial charge in [0, 0.05) is 12.3 Å². The van der Waals surface area contributed by atoms with E-state index in [9.17, 15) is 8.42 Å². The molecule has 0 aliphatic carbocycles. The van der Waals surface area contributed by atoms with Crippen LogP contribution in [0.1, 0.15) is 18.5 Å². The Hall–Kier alpha value is -1.07. The Morgan fingerprint density at radius 3 is 2.65 bits per heavy atom. The first-order valence-corrected chi connectivity index (χ1v) is 7.60. The van der Waals surface area contributed by atoms with Gasteiger partial charge in [0.2, 0.25) is 0 Å². The van der Waals surface area contributed by atoms with Gasteiger partial charge in [0.1, 0.15) is 15.6 Å². The summed E-state index contributed by atoms with van der Waals surface area (Å²) >= 11 is 0. The van der Waals surface area contributed by atoms with Gasteiger partial charge in [-0.2, -0.15) is 0 Å². The molecule has 0 aliphatic heterocycles. The van der Waals surface area contributed by atoms with Crippen molar-refractivity contribution in [1.82, 2.24) is 5.32 Å². The zero-order valence-corrected chi connectivity index (χ0v) is 11.3. The summed E-state index contributed by atoms with van der Waals surface area (Å²) in [6, 6.07) is 7.29. The van der Waals surface area contributed by atoms with Crippen molar-refractivity contribution in [2.45, 2.75) is 13.0 Å². The molecule has 0 saturated carbocycles. The molecule has 0 spiro atoms. The lowest BCUT2D eigenvalue weighted by Gasteiger charge is -2.16. The van der Waals surface area contributed by atoms with Crippen LogP contribution < -0.4 is 10.1 Å². The van der Waals surface area contributed by atoms with Crippen LogP contribution in [0.25, 0.3) is 0 Å². The summed E-state index contributed by atoms with van der Waals surface area (Å²) in [4.78, 5) is 0. The highest BCUT2D eigenvalue weighted by Gasteiger charge is 2.15. The van der Waals surface area contributed by atoms with Crippen molar-refractivity contribution in [3.63, 3.8) is 0 Å². The van der Waals surface area contributed by atoms with Crippen LogP contribution in [0.4, 0.5) is 0 Å². The average Bonchev–Trinajstić information content (AvgIpc) is 2.25. The minimum absolute atomic E-state index is 0.0824. The van der Waals surface area contributed by atoms with E-state index >= 15 is 0 Å². The molecular weight excluding hydrogens is 238 g/mol. The van der Waals surface area contributed by atoms with E-state index in [1.54, 1.807) is 7.05 Å². The third kappa shape index (κ3) is 4.75. The summed E-state index contributed by atoms with van der Waals surface area (Å²) in [6.45, 7) is 2.51. The zero-order chi connectivity index (χ0) is 12.9. The Balaban J connectivity index is 2.91. The molecule has 1 N–H and O–H groups in total. The Morgan fingerprint density at radius 1 is 1.41 bits per heavy atom. The molecule has 5 heteroatoms. The van der Waals surface area contributed by atoms with Gasteiger partial charge >= 0.3 is 0 Å². The second kappa shape index (κ2) is 6.02. The minimum atomic E-state index is -3.01. The van der Waals surface area contributed by atoms with Crippen molar-refractivity contribution in [1.29, 1.82) is 0 Å². The van der Waals surface area contributed by atoms with E-state index in [1.807, 2.05) is 31.2 Å². The summed E-state index contributed by atoms with van der Waals surface area (Å²) in [5.74, 6) is 0.845. The average molecular weight is 257 g/mol. The number of hydrogen-bond donors (Lipinski definition) is 1. The first kappa shape index (κ1) is 14.0. The number of ether oxygens (including phenoxy) is 1. The fourth-order valence-corrected chi connectivity index (χ4v) is 2.60. The molecule has 0 fully saturated rings. The molecular formula is C12H19NO3S. The van der Waals surface area contributed by atoms with Gasteiger partial charge in [0.05, 0.1) is 12.4 Å². The normalized spacial score (nSPS) is 13.4. The summed E-state index contributed by atoms with van der Waals surface area (Å²) < 4.78 is 28.0. The van der Waals surface area contributed by atoms with Crippen molar-refractivity contribution < 1.29 is 13.2 Å². The molecule has 0 radical (unpaired) electrons.